The summed E-state index contributed by atoms with van der Waals surface area (Å²) in [6.07, 6.45) is 3.89. The number of likely N-dealkylation sites (tertiary alicyclic amines) is 1. The largest absolute Gasteiger partial charge is 0.508 e. The molecule has 1 N–H and O–H groups in total. The summed E-state index contributed by atoms with van der Waals surface area (Å²) < 4.78 is 0. The van der Waals surface area contributed by atoms with Gasteiger partial charge in [0.2, 0.25) is 0 Å². The van der Waals surface area contributed by atoms with Crippen LogP contribution in [0.15, 0.2) is 18.2 Å². The molecule has 2 unspecified atom stereocenters. The van der Waals surface area contributed by atoms with Gasteiger partial charge in [-0.2, -0.15) is 0 Å². The molecule has 18 heavy (non-hydrogen) atoms. The third-order valence-electron chi connectivity index (χ3n) is 4.45. The average molecular weight is 245 g/mol. The van der Waals surface area contributed by atoms with Crippen LogP contribution in [-0.2, 0) is 0 Å². The van der Waals surface area contributed by atoms with E-state index in [0.29, 0.717) is 0 Å². The summed E-state index contributed by atoms with van der Waals surface area (Å²) in [5.41, 5.74) is 1.59. The minimum Gasteiger partial charge on any atom is -0.508 e. The van der Waals surface area contributed by atoms with E-state index in [9.17, 15) is 9.90 Å². The molecule has 1 aliphatic heterocycles. The Bertz CT molecular complexity index is 471. The van der Waals surface area contributed by atoms with Gasteiger partial charge in [-0.05, 0) is 55.4 Å². The standard InChI is InChI=1S/C15H19NO2/c1-10-7-13(17)5-6-14(10)15(18)16-8-11-3-2-4-12(11)9-16/h5-7,11-12,17H,2-4,8-9H2,1H3. The molecule has 1 saturated carbocycles. The average Bonchev–Trinajstić information content (AvgIpc) is 2.87. The molecule has 2 aliphatic rings. The van der Waals surface area contributed by atoms with Gasteiger partial charge in [0.15, 0.2) is 0 Å². The molecule has 1 aliphatic carbocycles. The fourth-order valence-electron chi connectivity index (χ4n) is 3.46. The van der Waals surface area contributed by atoms with Crippen LogP contribution in [0.1, 0.15) is 35.2 Å². The molecule has 0 radical (unpaired) electrons. The van der Waals surface area contributed by atoms with Gasteiger partial charge in [-0.15, -0.1) is 0 Å². The number of phenolic OH excluding ortho intramolecular Hbond substituents is 1. The van der Waals surface area contributed by atoms with Gasteiger partial charge in [0, 0.05) is 18.7 Å². The molecule has 1 aromatic carbocycles. The Morgan fingerprint density at radius 1 is 1.28 bits per heavy atom. The summed E-state index contributed by atoms with van der Waals surface area (Å²) >= 11 is 0. The minimum absolute atomic E-state index is 0.127. The third-order valence-corrected chi connectivity index (χ3v) is 4.45. The number of hydrogen-bond donors (Lipinski definition) is 1. The van der Waals surface area contributed by atoms with Crippen molar-refractivity contribution in [3.05, 3.63) is 29.3 Å². The van der Waals surface area contributed by atoms with Crippen LogP contribution in [0.25, 0.3) is 0 Å². The quantitative estimate of drug-likeness (QED) is 0.826. The number of benzene rings is 1. The molecule has 3 nitrogen and oxygen atoms in total. The Hall–Kier alpha value is -1.51. The van der Waals surface area contributed by atoms with Crippen LogP contribution in [0.5, 0.6) is 5.75 Å². The summed E-state index contributed by atoms with van der Waals surface area (Å²) in [7, 11) is 0. The molecule has 3 rings (SSSR count). The first-order chi connectivity index (χ1) is 8.65. The number of rotatable bonds is 1. The second-order valence-corrected chi connectivity index (χ2v) is 5.66. The van der Waals surface area contributed by atoms with Crippen LogP contribution in [-0.4, -0.2) is 29.0 Å². The van der Waals surface area contributed by atoms with E-state index in [0.717, 1.165) is 36.1 Å². The summed E-state index contributed by atoms with van der Waals surface area (Å²) in [6, 6.07) is 4.99. The van der Waals surface area contributed by atoms with Gasteiger partial charge in [-0.3, -0.25) is 4.79 Å². The van der Waals surface area contributed by atoms with Crippen LogP contribution >= 0.6 is 0 Å². The molecule has 0 aromatic heterocycles. The molecule has 1 amide bonds. The van der Waals surface area contributed by atoms with E-state index in [1.54, 1.807) is 18.2 Å². The molecule has 1 saturated heterocycles. The van der Waals surface area contributed by atoms with Crippen molar-refractivity contribution in [2.75, 3.05) is 13.1 Å². The van der Waals surface area contributed by atoms with E-state index in [4.69, 9.17) is 0 Å². The highest BCUT2D eigenvalue weighted by Crippen LogP contribution is 2.38. The van der Waals surface area contributed by atoms with Crippen LogP contribution in [0.3, 0.4) is 0 Å². The maximum Gasteiger partial charge on any atom is 0.254 e. The van der Waals surface area contributed by atoms with Gasteiger partial charge in [0.05, 0.1) is 0 Å². The van der Waals surface area contributed by atoms with E-state index >= 15 is 0 Å². The van der Waals surface area contributed by atoms with Gasteiger partial charge in [0.25, 0.3) is 5.91 Å². The zero-order valence-corrected chi connectivity index (χ0v) is 10.7. The van der Waals surface area contributed by atoms with Crippen LogP contribution in [0.4, 0.5) is 0 Å². The number of fused-ring (bicyclic) bond motifs is 1. The van der Waals surface area contributed by atoms with Gasteiger partial charge in [0.1, 0.15) is 5.75 Å². The van der Waals surface area contributed by atoms with Crippen molar-refractivity contribution < 1.29 is 9.90 Å². The predicted octanol–water partition coefficient (Wildman–Crippen LogP) is 2.57. The normalized spacial score (nSPS) is 26.4. The summed E-state index contributed by atoms with van der Waals surface area (Å²) in [5, 5.41) is 9.39. The highest BCUT2D eigenvalue weighted by molar-refractivity contribution is 5.96. The third kappa shape index (κ3) is 1.88. The molecule has 3 heteroatoms. The van der Waals surface area contributed by atoms with Gasteiger partial charge in [-0.25, -0.2) is 0 Å². The first-order valence-electron chi connectivity index (χ1n) is 6.74. The lowest BCUT2D eigenvalue weighted by atomic mass is 10.0. The van der Waals surface area contributed by atoms with Crippen molar-refractivity contribution in [3.8, 4) is 5.75 Å². The zero-order chi connectivity index (χ0) is 12.7. The first kappa shape index (κ1) is 11.6. The van der Waals surface area contributed by atoms with Crippen molar-refractivity contribution in [1.82, 2.24) is 4.90 Å². The Labute approximate surface area is 107 Å². The monoisotopic (exact) mass is 245 g/mol. The number of aryl methyl sites for hydroxylation is 1. The van der Waals surface area contributed by atoms with Crippen molar-refractivity contribution in [2.45, 2.75) is 26.2 Å². The van der Waals surface area contributed by atoms with Gasteiger partial charge < -0.3 is 10.0 Å². The summed E-state index contributed by atoms with van der Waals surface area (Å²) in [6.45, 7) is 3.72. The molecule has 1 heterocycles. The molecule has 1 aromatic rings. The molecular weight excluding hydrogens is 226 g/mol. The lowest BCUT2D eigenvalue weighted by Gasteiger charge is -2.18. The van der Waals surface area contributed by atoms with Crippen LogP contribution < -0.4 is 0 Å². The highest BCUT2D eigenvalue weighted by Gasteiger charge is 2.38. The topological polar surface area (TPSA) is 40.5 Å². The molecule has 0 spiro atoms. The number of hydrogen-bond acceptors (Lipinski definition) is 2. The summed E-state index contributed by atoms with van der Waals surface area (Å²) in [4.78, 5) is 14.4. The smallest absolute Gasteiger partial charge is 0.254 e. The lowest BCUT2D eigenvalue weighted by molar-refractivity contribution is 0.0780. The Morgan fingerprint density at radius 3 is 2.56 bits per heavy atom. The number of aromatic hydroxyl groups is 1. The maximum atomic E-state index is 12.5. The second kappa shape index (κ2) is 4.30. The second-order valence-electron chi connectivity index (χ2n) is 5.66. The molecule has 96 valence electrons. The molecule has 0 bridgehead atoms. The van der Waals surface area contributed by atoms with Gasteiger partial charge >= 0.3 is 0 Å². The van der Waals surface area contributed by atoms with Crippen molar-refractivity contribution >= 4 is 5.91 Å². The molecule has 2 fully saturated rings. The Balaban J connectivity index is 1.79. The van der Waals surface area contributed by atoms with E-state index < -0.39 is 0 Å². The van der Waals surface area contributed by atoms with Crippen molar-refractivity contribution in [3.63, 3.8) is 0 Å². The van der Waals surface area contributed by atoms with E-state index in [2.05, 4.69) is 0 Å². The van der Waals surface area contributed by atoms with E-state index in [1.165, 1.54) is 19.3 Å². The lowest BCUT2D eigenvalue weighted by Crippen LogP contribution is -2.30. The summed E-state index contributed by atoms with van der Waals surface area (Å²) in [5.74, 6) is 1.81. The highest BCUT2D eigenvalue weighted by atomic mass is 16.3. The number of nitrogens with zero attached hydrogens (tertiary/aromatic N) is 1. The zero-order valence-electron chi connectivity index (χ0n) is 10.7. The number of carbonyl (C=O) groups is 1. The van der Waals surface area contributed by atoms with Crippen molar-refractivity contribution in [1.29, 1.82) is 0 Å². The van der Waals surface area contributed by atoms with Crippen LogP contribution in [0, 0.1) is 18.8 Å². The minimum atomic E-state index is 0.127. The van der Waals surface area contributed by atoms with E-state index in [1.807, 2.05) is 11.8 Å². The first-order valence-corrected chi connectivity index (χ1v) is 6.74. The Morgan fingerprint density at radius 2 is 1.94 bits per heavy atom. The predicted molar refractivity (Wildman–Crippen MR) is 69.6 cm³/mol. The molecular formula is C15H19NO2. The fourth-order valence-corrected chi connectivity index (χ4v) is 3.46. The van der Waals surface area contributed by atoms with Gasteiger partial charge in [-0.1, -0.05) is 6.42 Å². The van der Waals surface area contributed by atoms with Crippen molar-refractivity contribution in [2.24, 2.45) is 11.8 Å². The number of amides is 1. The number of phenols is 1. The Kier molecular flexibility index (Phi) is 2.77. The SMILES string of the molecule is Cc1cc(O)ccc1C(=O)N1CC2CCCC2C1. The molecule has 2 atom stereocenters. The van der Waals surface area contributed by atoms with E-state index in [-0.39, 0.29) is 11.7 Å². The maximum absolute atomic E-state index is 12.5. The fraction of sp³-hybridized carbons (Fsp3) is 0.533. The van der Waals surface area contributed by atoms with Crippen LogP contribution in [0.2, 0.25) is 0 Å². The number of carbonyl (C=O) groups excluding carboxylic acids is 1.